The molecule has 29 heavy (non-hydrogen) atoms. The first-order chi connectivity index (χ1) is 14.1. The molecule has 1 aliphatic rings. The second kappa shape index (κ2) is 8.68. The highest BCUT2D eigenvalue weighted by Gasteiger charge is 2.25. The van der Waals surface area contributed by atoms with Crippen molar-refractivity contribution in [2.24, 2.45) is 0 Å². The van der Waals surface area contributed by atoms with E-state index in [2.05, 4.69) is 24.0 Å². The summed E-state index contributed by atoms with van der Waals surface area (Å²) >= 11 is 0. The van der Waals surface area contributed by atoms with Gasteiger partial charge in [0.2, 0.25) is 0 Å². The van der Waals surface area contributed by atoms with Crippen LogP contribution in [0.2, 0.25) is 0 Å². The van der Waals surface area contributed by atoms with Crippen LogP contribution < -0.4 is 9.64 Å². The lowest BCUT2D eigenvalue weighted by Gasteiger charge is -2.32. The molecule has 2 aromatic carbocycles. The number of H-pyrrole nitrogens is 1. The van der Waals surface area contributed by atoms with Gasteiger partial charge in [-0.05, 0) is 31.5 Å². The molecule has 3 aromatic rings. The van der Waals surface area contributed by atoms with Gasteiger partial charge in [0.1, 0.15) is 49.9 Å². The fraction of sp³-hybridized carbons (Fsp3) is 0.348. The number of benzene rings is 2. The van der Waals surface area contributed by atoms with Crippen LogP contribution in [0, 0.1) is 0 Å². The molecule has 1 saturated heterocycles. The lowest BCUT2D eigenvalue weighted by Crippen LogP contribution is -3.16. The zero-order chi connectivity index (χ0) is 20.2. The monoisotopic (exact) mass is 394 g/mol. The molecule has 6 heteroatoms. The van der Waals surface area contributed by atoms with Crippen LogP contribution >= 0.6 is 0 Å². The maximum Gasteiger partial charge on any atom is 0.137 e. The molecule has 1 fully saturated rings. The van der Waals surface area contributed by atoms with Gasteiger partial charge in [0.15, 0.2) is 0 Å². The first kappa shape index (κ1) is 19.5. The molecule has 0 bridgehead atoms. The maximum absolute atomic E-state index is 10.6. The average Bonchev–Trinajstić information content (AvgIpc) is 3.17. The number of hydrogen-bond donors (Lipinski definition) is 3. The Balaban J connectivity index is 1.42. The predicted octanol–water partition coefficient (Wildman–Crippen LogP) is 2.52. The van der Waals surface area contributed by atoms with Gasteiger partial charge in [-0.1, -0.05) is 30.3 Å². The predicted molar refractivity (Wildman–Crippen MR) is 112 cm³/mol. The number of nitrogens with zero attached hydrogens (tertiary/aromatic N) is 1. The Morgan fingerprint density at radius 1 is 1.10 bits per heavy atom. The highest BCUT2D eigenvalue weighted by molar-refractivity contribution is 5.83. The van der Waals surface area contributed by atoms with Crippen LogP contribution in [0.25, 0.3) is 22.4 Å². The van der Waals surface area contributed by atoms with Crippen LogP contribution in [-0.2, 0) is 4.74 Å². The first-order valence-electron chi connectivity index (χ1n) is 10.1. The van der Waals surface area contributed by atoms with E-state index in [1.54, 1.807) is 12.3 Å². The Kier molecular flexibility index (Phi) is 5.83. The molecule has 152 valence electrons. The molecule has 1 aliphatic heterocycles. The van der Waals surface area contributed by atoms with Gasteiger partial charge in [-0.25, -0.2) is 0 Å². The van der Waals surface area contributed by atoms with Crippen LogP contribution in [0.15, 0.2) is 54.7 Å². The van der Waals surface area contributed by atoms with Crippen LogP contribution in [0.3, 0.4) is 0 Å². The van der Waals surface area contributed by atoms with Gasteiger partial charge < -0.3 is 19.5 Å². The SMILES string of the molecule is C[C@@H]1C[NH+](CCOc2ccc(-c3[nH]ncc3-c3ccccc3)c(O)c2)C[C@@H](C)O1. The number of nitrogens with one attached hydrogen (secondary N) is 2. The molecule has 0 radical (unpaired) electrons. The molecular weight excluding hydrogens is 366 g/mol. The Bertz CT molecular complexity index is 932. The third-order valence-electron chi connectivity index (χ3n) is 5.30. The van der Waals surface area contributed by atoms with Crippen LogP contribution in [0.5, 0.6) is 11.5 Å². The number of aromatic hydroxyl groups is 1. The smallest absolute Gasteiger partial charge is 0.137 e. The minimum absolute atomic E-state index is 0.171. The molecule has 4 rings (SSSR count). The lowest BCUT2D eigenvalue weighted by atomic mass is 10.0. The third kappa shape index (κ3) is 4.60. The van der Waals surface area contributed by atoms with Crippen molar-refractivity contribution in [3.8, 4) is 33.9 Å². The molecule has 2 heterocycles. The summed E-state index contributed by atoms with van der Waals surface area (Å²) in [4.78, 5) is 1.49. The number of rotatable bonds is 6. The van der Waals surface area contributed by atoms with Gasteiger partial charge in [-0.2, -0.15) is 5.10 Å². The van der Waals surface area contributed by atoms with Crippen molar-refractivity contribution < 1.29 is 19.5 Å². The zero-order valence-electron chi connectivity index (χ0n) is 16.9. The van der Waals surface area contributed by atoms with Crippen molar-refractivity contribution in [1.82, 2.24) is 10.2 Å². The standard InChI is InChI=1S/C23H27N3O3/c1-16-14-26(15-17(2)29-16)10-11-28-19-8-9-20(22(27)12-19)23-21(13-24-25-23)18-6-4-3-5-7-18/h3-9,12-13,16-17,27H,10-11,14-15H2,1-2H3,(H,24,25)/p+1/t16-,17-/m1/s1. The van der Waals surface area contributed by atoms with E-state index in [0.717, 1.165) is 36.5 Å². The molecule has 0 saturated carbocycles. The van der Waals surface area contributed by atoms with Crippen molar-refractivity contribution in [3.05, 3.63) is 54.7 Å². The van der Waals surface area contributed by atoms with Crippen molar-refractivity contribution in [1.29, 1.82) is 0 Å². The summed E-state index contributed by atoms with van der Waals surface area (Å²) in [6.07, 6.45) is 2.34. The van der Waals surface area contributed by atoms with Crippen LogP contribution in [-0.4, -0.2) is 53.8 Å². The molecule has 1 aromatic heterocycles. The van der Waals surface area contributed by atoms with Crippen molar-refractivity contribution in [3.63, 3.8) is 0 Å². The fourth-order valence-electron chi connectivity index (χ4n) is 4.05. The number of ether oxygens (including phenoxy) is 2. The number of aromatic amines is 1. The number of hydrogen-bond acceptors (Lipinski definition) is 4. The third-order valence-corrected chi connectivity index (χ3v) is 5.30. The molecule has 3 N–H and O–H groups in total. The van der Waals surface area contributed by atoms with Gasteiger partial charge in [0.25, 0.3) is 0 Å². The largest absolute Gasteiger partial charge is 0.507 e. The summed E-state index contributed by atoms with van der Waals surface area (Å²) in [6, 6.07) is 15.4. The van der Waals surface area contributed by atoms with E-state index in [1.165, 1.54) is 4.90 Å². The Morgan fingerprint density at radius 3 is 2.59 bits per heavy atom. The van der Waals surface area contributed by atoms with Crippen molar-refractivity contribution in [2.45, 2.75) is 26.1 Å². The summed E-state index contributed by atoms with van der Waals surface area (Å²) in [5, 5.41) is 17.8. The van der Waals surface area contributed by atoms with Gasteiger partial charge in [-0.15, -0.1) is 0 Å². The Hall–Kier alpha value is -2.83. The maximum atomic E-state index is 10.6. The van der Waals surface area contributed by atoms with E-state index in [9.17, 15) is 5.11 Å². The number of phenols is 1. The number of morpholine rings is 1. The average molecular weight is 394 g/mol. The first-order valence-corrected chi connectivity index (χ1v) is 10.1. The summed E-state index contributed by atoms with van der Waals surface area (Å²) in [5.74, 6) is 0.839. The van der Waals surface area contributed by atoms with Crippen LogP contribution in [0.1, 0.15) is 13.8 Å². The van der Waals surface area contributed by atoms with E-state index < -0.39 is 0 Å². The second-order valence-electron chi connectivity index (χ2n) is 7.72. The molecule has 6 nitrogen and oxygen atoms in total. The molecule has 0 amide bonds. The fourth-order valence-corrected chi connectivity index (χ4v) is 4.05. The van der Waals surface area contributed by atoms with Crippen molar-refractivity contribution >= 4 is 0 Å². The van der Waals surface area contributed by atoms with E-state index in [0.29, 0.717) is 17.9 Å². The Labute approximate surface area is 171 Å². The van der Waals surface area contributed by atoms with Gasteiger partial charge in [0.05, 0.1) is 11.9 Å². The molecule has 2 atom stereocenters. The van der Waals surface area contributed by atoms with E-state index >= 15 is 0 Å². The zero-order valence-corrected chi connectivity index (χ0v) is 16.9. The van der Waals surface area contributed by atoms with E-state index in [-0.39, 0.29) is 18.0 Å². The van der Waals surface area contributed by atoms with E-state index in [1.807, 2.05) is 42.5 Å². The highest BCUT2D eigenvalue weighted by atomic mass is 16.5. The van der Waals surface area contributed by atoms with E-state index in [4.69, 9.17) is 9.47 Å². The van der Waals surface area contributed by atoms with Gasteiger partial charge >= 0.3 is 0 Å². The second-order valence-corrected chi connectivity index (χ2v) is 7.72. The number of aromatic nitrogens is 2. The Morgan fingerprint density at radius 2 is 1.86 bits per heavy atom. The minimum atomic E-state index is 0.171. The quantitative estimate of drug-likeness (QED) is 0.601. The summed E-state index contributed by atoms with van der Waals surface area (Å²) in [7, 11) is 0. The van der Waals surface area contributed by atoms with Gasteiger partial charge in [0, 0.05) is 17.2 Å². The molecule has 0 unspecified atom stereocenters. The number of phenolic OH excluding ortho intramolecular Hbond substituents is 1. The highest BCUT2D eigenvalue weighted by Crippen LogP contribution is 2.36. The topological polar surface area (TPSA) is 71.8 Å². The van der Waals surface area contributed by atoms with Gasteiger partial charge in [-0.3, -0.25) is 5.10 Å². The minimum Gasteiger partial charge on any atom is -0.507 e. The normalized spacial score (nSPS) is 21.8. The van der Waals surface area contributed by atoms with Crippen molar-refractivity contribution in [2.75, 3.05) is 26.2 Å². The lowest BCUT2D eigenvalue weighted by molar-refractivity contribution is -0.915. The summed E-state index contributed by atoms with van der Waals surface area (Å²) in [6.45, 7) is 7.75. The summed E-state index contributed by atoms with van der Waals surface area (Å²) in [5.41, 5.74) is 3.50. The molecular formula is C23H28N3O3+. The number of quaternary nitrogens is 1. The molecule has 0 aliphatic carbocycles. The summed E-state index contributed by atoms with van der Waals surface area (Å²) < 4.78 is 11.7. The van der Waals surface area contributed by atoms with Crippen LogP contribution in [0.4, 0.5) is 0 Å². The molecule has 0 spiro atoms.